The Hall–Kier alpha value is -2.71. The fourth-order valence-electron chi connectivity index (χ4n) is 6.09. The zero-order valence-electron chi connectivity index (χ0n) is 21.6. The number of furan rings is 1. The van der Waals surface area contributed by atoms with Crippen LogP contribution in [0.1, 0.15) is 85.7 Å². The van der Waals surface area contributed by atoms with Crippen molar-refractivity contribution in [3.05, 3.63) is 59.3 Å². The lowest BCUT2D eigenvalue weighted by molar-refractivity contribution is -0.922. The maximum Gasteiger partial charge on any atom is 0.290 e. The number of ether oxygens (including phenoxy) is 1. The molecule has 2 amide bonds. The average molecular weight is 513 g/mol. The van der Waals surface area contributed by atoms with E-state index in [4.69, 9.17) is 9.15 Å². The van der Waals surface area contributed by atoms with E-state index in [1.165, 1.54) is 23.5 Å². The van der Waals surface area contributed by atoms with Crippen LogP contribution < -0.4 is 10.2 Å². The van der Waals surface area contributed by atoms with Gasteiger partial charge in [0, 0.05) is 12.1 Å². The Morgan fingerprint density at radius 2 is 1.62 bits per heavy atom. The van der Waals surface area contributed by atoms with Crippen LogP contribution in [0, 0.1) is 5.82 Å². The lowest BCUT2D eigenvalue weighted by Crippen LogP contribution is -3.12. The van der Waals surface area contributed by atoms with Gasteiger partial charge in [-0.25, -0.2) is 4.39 Å². The Balaban J connectivity index is 1.43. The van der Waals surface area contributed by atoms with Crippen molar-refractivity contribution in [1.29, 1.82) is 0 Å². The van der Waals surface area contributed by atoms with Crippen LogP contribution in [0.4, 0.5) is 4.39 Å². The van der Waals surface area contributed by atoms with Crippen LogP contribution in [0.5, 0.6) is 0 Å². The van der Waals surface area contributed by atoms with E-state index in [1.54, 1.807) is 23.1 Å². The quantitative estimate of drug-likeness (QED) is 0.569. The molecule has 0 unspecified atom stereocenters. The molecular weight excluding hydrogens is 473 g/mol. The molecule has 2 heterocycles. The second kappa shape index (κ2) is 12.2. The number of hydrogen-bond acceptors (Lipinski definition) is 4. The van der Waals surface area contributed by atoms with Crippen molar-refractivity contribution in [2.75, 3.05) is 26.3 Å². The number of quaternary nitrogens is 1. The van der Waals surface area contributed by atoms with E-state index in [2.05, 4.69) is 5.32 Å². The van der Waals surface area contributed by atoms with Gasteiger partial charge >= 0.3 is 0 Å². The Morgan fingerprint density at radius 3 is 2.32 bits per heavy atom. The van der Waals surface area contributed by atoms with E-state index in [0.717, 1.165) is 83.4 Å². The Morgan fingerprint density at radius 1 is 0.946 bits per heavy atom. The van der Waals surface area contributed by atoms with Gasteiger partial charge in [0.1, 0.15) is 31.5 Å². The monoisotopic (exact) mass is 512 g/mol. The molecule has 2 aliphatic carbocycles. The molecule has 1 aliphatic heterocycles. The molecule has 0 bridgehead atoms. The Bertz CT molecular complexity index is 1040. The highest BCUT2D eigenvalue weighted by atomic mass is 19.1. The van der Waals surface area contributed by atoms with Crippen molar-refractivity contribution < 1.29 is 28.0 Å². The Kier molecular flexibility index (Phi) is 8.56. The van der Waals surface area contributed by atoms with Gasteiger partial charge in [0.2, 0.25) is 5.91 Å². The molecule has 8 heteroatoms. The predicted octanol–water partition coefficient (Wildman–Crippen LogP) is 3.41. The van der Waals surface area contributed by atoms with E-state index in [9.17, 15) is 14.0 Å². The number of carbonyl (C=O) groups is 2. The van der Waals surface area contributed by atoms with Crippen LogP contribution in [0.3, 0.4) is 0 Å². The largest absolute Gasteiger partial charge is 0.450 e. The summed E-state index contributed by atoms with van der Waals surface area (Å²) < 4.78 is 25.4. The topological polar surface area (TPSA) is 76.2 Å². The van der Waals surface area contributed by atoms with Gasteiger partial charge in [-0.2, -0.15) is 0 Å². The molecule has 37 heavy (non-hydrogen) atoms. The third-order valence-corrected chi connectivity index (χ3v) is 8.11. The van der Waals surface area contributed by atoms with Crippen LogP contribution in [-0.4, -0.2) is 55.1 Å². The van der Waals surface area contributed by atoms with Crippen molar-refractivity contribution in [3.63, 3.8) is 0 Å². The van der Waals surface area contributed by atoms with Crippen LogP contribution in [0.2, 0.25) is 0 Å². The first-order chi connectivity index (χ1) is 18.1. The molecule has 3 fully saturated rings. The highest BCUT2D eigenvalue weighted by Crippen LogP contribution is 2.34. The molecule has 1 aromatic heterocycles. The molecule has 3 aliphatic rings. The first kappa shape index (κ1) is 25.9. The van der Waals surface area contributed by atoms with E-state index in [-0.39, 0.29) is 35.5 Å². The van der Waals surface area contributed by atoms with E-state index in [1.807, 2.05) is 6.07 Å². The number of carbonyl (C=O) groups excluding carboxylic acids is 2. The predicted molar refractivity (Wildman–Crippen MR) is 137 cm³/mol. The molecule has 7 nitrogen and oxygen atoms in total. The summed E-state index contributed by atoms with van der Waals surface area (Å²) in [4.78, 5) is 31.0. The molecule has 1 atom stereocenters. The minimum absolute atomic E-state index is 0.0712. The summed E-state index contributed by atoms with van der Waals surface area (Å²) in [5.74, 6) is 0.186. The number of rotatable bonds is 8. The zero-order valence-corrected chi connectivity index (χ0v) is 21.6. The number of halogens is 1. The van der Waals surface area contributed by atoms with Gasteiger partial charge in [0.05, 0.1) is 13.2 Å². The van der Waals surface area contributed by atoms with Crippen molar-refractivity contribution in [3.8, 4) is 0 Å². The third-order valence-electron chi connectivity index (χ3n) is 8.11. The van der Waals surface area contributed by atoms with Gasteiger partial charge in [0.25, 0.3) is 5.91 Å². The van der Waals surface area contributed by atoms with E-state index < -0.39 is 6.04 Å². The van der Waals surface area contributed by atoms with E-state index in [0.29, 0.717) is 12.1 Å². The minimum Gasteiger partial charge on any atom is -0.450 e. The standard InChI is InChI=1S/C29H38FN3O4/c30-22-12-10-21(11-13-22)27(28(34)31-23-6-2-1-3-7-23)33(24-8-4-5-9-24)29(35)26-15-14-25(37-26)20-32-16-18-36-19-17-32/h10-15,23-24,27H,1-9,16-20H2,(H,31,34)/p+1/t27-/m0/s1. The average Bonchev–Trinajstić information content (AvgIpc) is 3.61. The number of amides is 2. The molecule has 200 valence electrons. The minimum atomic E-state index is -0.837. The molecule has 2 aromatic rings. The van der Waals surface area contributed by atoms with E-state index >= 15 is 0 Å². The van der Waals surface area contributed by atoms with Crippen LogP contribution >= 0.6 is 0 Å². The first-order valence-electron chi connectivity index (χ1n) is 14.0. The molecule has 5 rings (SSSR count). The smallest absolute Gasteiger partial charge is 0.290 e. The summed E-state index contributed by atoms with van der Waals surface area (Å²) >= 11 is 0. The molecule has 2 N–H and O–H groups in total. The Labute approximate surface area is 218 Å². The number of hydrogen-bond donors (Lipinski definition) is 2. The van der Waals surface area contributed by atoms with Crippen molar-refractivity contribution >= 4 is 11.8 Å². The highest BCUT2D eigenvalue weighted by molar-refractivity contribution is 5.96. The second-order valence-corrected chi connectivity index (χ2v) is 10.8. The molecule has 0 spiro atoms. The first-order valence-corrected chi connectivity index (χ1v) is 14.0. The maximum atomic E-state index is 14.1. The van der Waals surface area contributed by atoms with Gasteiger partial charge < -0.3 is 24.3 Å². The molecule has 1 saturated heterocycles. The number of morpholine rings is 1. The summed E-state index contributed by atoms with van der Waals surface area (Å²) in [6.07, 6.45) is 8.98. The highest BCUT2D eigenvalue weighted by Gasteiger charge is 2.40. The summed E-state index contributed by atoms with van der Waals surface area (Å²) in [6.45, 7) is 3.97. The SMILES string of the molecule is O=C(NC1CCCCC1)[C@H](c1ccc(F)cc1)N(C(=O)c1ccc(C[NH+]2CCOCC2)o1)C1CCCC1. The molecule has 0 radical (unpaired) electrons. The normalized spacial score (nSPS) is 20.6. The summed E-state index contributed by atoms with van der Waals surface area (Å²) in [7, 11) is 0. The van der Waals surface area contributed by atoms with Crippen LogP contribution in [0.15, 0.2) is 40.8 Å². The van der Waals surface area contributed by atoms with Crippen molar-refractivity contribution in [1.82, 2.24) is 10.2 Å². The summed E-state index contributed by atoms with van der Waals surface area (Å²) in [5, 5.41) is 3.23. The molecular formula is C29H39FN3O4+. The maximum absolute atomic E-state index is 14.1. The fourth-order valence-corrected chi connectivity index (χ4v) is 6.09. The fraction of sp³-hybridized carbons (Fsp3) is 0.586. The van der Waals surface area contributed by atoms with Gasteiger partial charge in [-0.3, -0.25) is 9.59 Å². The molecule has 1 aromatic carbocycles. The van der Waals surface area contributed by atoms with Gasteiger partial charge in [-0.1, -0.05) is 44.2 Å². The second-order valence-electron chi connectivity index (χ2n) is 10.8. The van der Waals surface area contributed by atoms with Crippen molar-refractivity contribution in [2.45, 2.75) is 82.5 Å². The van der Waals surface area contributed by atoms with Gasteiger partial charge in [-0.15, -0.1) is 0 Å². The van der Waals surface area contributed by atoms with Gasteiger partial charge in [0.15, 0.2) is 11.5 Å². The van der Waals surface area contributed by atoms with Gasteiger partial charge in [-0.05, 0) is 55.5 Å². The van der Waals surface area contributed by atoms with Crippen LogP contribution in [-0.2, 0) is 16.1 Å². The number of benzene rings is 1. The third kappa shape index (κ3) is 6.41. The zero-order chi connectivity index (χ0) is 25.6. The number of nitrogens with zero attached hydrogens (tertiary/aromatic N) is 1. The lowest BCUT2D eigenvalue weighted by Gasteiger charge is -2.36. The summed E-state index contributed by atoms with van der Waals surface area (Å²) in [5.41, 5.74) is 0.625. The van der Waals surface area contributed by atoms with Crippen molar-refractivity contribution in [2.24, 2.45) is 0 Å². The van der Waals surface area contributed by atoms with Crippen LogP contribution in [0.25, 0.3) is 0 Å². The number of nitrogens with one attached hydrogen (secondary N) is 2. The lowest BCUT2D eigenvalue weighted by atomic mass is 9.94. The summed E-state index contributed by atoms with van der Waals surface area (Å²) in [6, 6.07) is 8.80. The molecule has 2 saturated carbocycles.